The van der Waals surface area contributed by atoms with Crippen LogP contribution in [0.2, 0.25) is 0 Å². The van der Waals surface area contributed by atoms with Crippen LogP contribution in [0.5, 0.6) is 0 Å². The van der Waals surface area contributed by atoms with Crippen LogP contribution in [0.25, 0.3) is 11.1 Å². The van der Waals surface area contributed by atoms with Crippen molar-refractivity contribution >= 4 is 23.6 Å². The van der Waals surface area contributed by atoms with Crippen molar-refractivity contribution in [2.24, 2.45) is 0 Å². The highest BCUT2D eigenvalue weighted by Gasteiger charge is 2.60. The maximum atomic E-state index is 13.9. The van der Waals surface area contributed by atoms with Gasteiger partial charge in [0.1, 0.15) is 6.04 Å². The van der Waals surface area contributed by atoms with Crippen molar-refractivity contribution in [1.82, 2.24) is 9.74 Å². The summed E-state index contributed by atoms with van der Waals surface area (Å²) in [7, 11) is 0. The number of carbonyl (C=O) groups excluding carboxylic acids is 2. The third-order valence-electron chi connectivity index (χ3n) is 5.58. The van der Waals surface area contributed by atoms with E-state index < -0.39 is 35.2 Å². The molecule has 1 fully saturated rings. The van der Waals surface area contributed by atoms with Gasteiger partial charge in [0.2, 0.25) is 5.60 Å². The minimum atomic E-state index is -4.98. The lowest BCUT2D eigenvalue weighted by Crippen LogP contribution is -2.44. The van der Waals surface area contributed by atoms with Gasteiger partial charge in [-0.05, 0) is 36.1 Å². The monoisotopic (exact) mass is 424 g/mol. The fourth-order valence-corrected chi connectivity index (χ4v) is 4.33. The van der Waals surface area contributed by atoms with Crippen LogP contribution >= 0.6 is 11.8 Å². The molecular weight excluding hydrogens is 409 g/mol. The quantitative estimate of drug-likeness (QED) is 0.726. The number of aliphatic hydroxyl groups is 1. The third kappa shape index (κ3) is 2.81. The number of halogens is 4. The maximum absolute atomic E-state index is 13.9. The van der Waals surface area contributed by atoms with E-state index >= 15 is 0 Å². The molecule has 0 radical (unpaired) electrons. The second kappa shape index (κ2) is 6.74. The van der Waals surface area contributed by atoms with Gasteiger partial charge in [0.05, 0.1) is 0 Å². The fraction of sp³-hybridized carbons (Fsp3) is 0.300. The summed E-state index contributed by atoms with van der Waals surface area (Å²) < 4.78 is 41.8. The molecule has 0 bridgehead atoms. The van der Waals surface area contributed by atoms with E-state index in [-0.39, 0.29) is 28.8 Å². The van der Waals surface area contributed by atoms with Crippen LogP contribution < -0.4 is 4.84 Å². The van der Waals surface area contributed by atoms with Crippen molar-refractivity contribution in [3.05, 3.63) is 59.2 Å². The summed E-state index contributed by atoms with van der Waals surface area (Å²) in [5.41, 5.74) is -3.43. The number of likely N-dealkylation sites (tertiary alicyclic amines) is 1. The smallest absolute Gasteiger partial charge is 0.372 e. The summed E-state index contributed by atoms with van der Waals surface area (Å²) in [6, 6.07) is 8.83. The molecule has 2 aromatic carbocycles. The van der Waals surface area contributed by atoms with Gasteiger partial charge >= 0.3 is 6.18 Å². The fourth-order valence-electron chi connectivity index (χ4n) is 4.21. The molecule has 5 nitrogen and oxygen atoms in total. The first kappa shape index (κ1) is 19.7. The number of nitrogens with zero attached hydrogens (tertiary/aromatic N) is 1. The summed E-state index contributed by atoms with van der Waals surface area (Å²) >= 11 is 5.37. The van der Waals surface area contributed by atoms with Crippen LogP contribution in [-0.2, 0) is 10.4 Å². The molecule has 0 spiro atoms. The lowest BCUT2D eigenvalue weighted by Gasteiger charge is -2.29. The highest BCUT2D eigenvalue weighted by atomic mass is 35.5. The Kier molecular flexibility index (Phi) is 4.59. The number of alkyl halides is 3. The molecule has 2 atom stereocenters. The molecule has 2 aromatic rings. The van der Waals surface area contributed by atoms with E-state index in [0.29, 0.717) is 12.8 Å². The Bertz CT molecular complexity index is 1010. The van der Waals surface area contributed by atoms with Gasteiger partial charge in [0.25, 0.3) is 11.8 Å². The van der Waals surface area contributed by atoms with Crippen molar-refractivity contribution in [2.45, 2.75) is 30.7 Å². The molecule has 1 aliphatic heterocycles. The van der Waals surface area contributed by atoms with Crippen LogP contribution in [0.1, 0.15) is 34.3 Å². The summed E-state index contributed by atoms with van der Waals surface area (Å²) in [4.78, 5) is 28.1. The van der Waals surface area contributed by atoms with E-state index in [2.05, 4.69) is 0 Å². The molecule has 9 heteroatoms. The predicted octanol–water partition coefficient (Wildman–Crippen LogP) is 3.34. The number of carbonyl (C=O) groups is 2. The third-order valence-corrected chi connectivity index (χ3v) is 5.77. The van der Waals surface area contributed by atoms with E-state index in [0.717, 1.165) is 6.07 Å². The van der Waals surface area contributed by atoms with Crippen LogP contribution in [0, 0.1) is 0 Å². The number of benzene rings is 2. The summed E-state index contributed by atoms with van der Waals surface area (Å²) in [5.74, 6) is -1.13. The van der Waals surface area contributed by atoms with E-state index in [1.807, 2.05) is 4.84 Å². The number of amides is 2. The molecule has 29 heavy (non-hydrogen) atoms. The molecule has 1 saturated heterocycles. The molecule has 1 heterocycles. The van der Waals surface area contributed by atoms with E-state index in [9.17, 15) is 27.9 Å². The maximum Gasteiger partial charge on any atom is 0.425 e. The summed E-state index contributed by atoms with van der Waals surface area (Å²) in [6.07, 6.45) is -4.00. The van der Waals surface area contributed by atoms with Gasteiger partial charge < -0.3 is 10.0 Å². The van der Waals surface area contributed by atoms with Crippen molar-refractivity contribution in [3.8, 4) is 11.1 Å². The first-order valence-corrected chi connectivity index (χ1v) is 9.33. The van der Waals surface area contributed by atoms with Gasteiger partial charge in [-0.15, -0.1) is 0 Å². The zero-order valence-electron chi connectivity index (χ0n) is 15.0. The standard InChI is InChI=1S/C20H16ClF3N2O3/c21-25-17(27)16-6-3-9-26(16)18(28)11-7-8-13-12-4-1-2-5-14(12)19(29,15(13)10-11)20(22,23)24/h1-2,4-5,7-8,10,16,29H,3,6,9H2,(H,25,27). The molecule has 0 aromatic heterocycles. The van der Waals surface area contributed by atoms with Gasteiger partial charge in [-0.25, -0.2) is 0 Å². The van der Waals surface area contributed by atoms with E-state index in [1.165, 1.54) is 35.2 Å². The van der Waals surface area contributed by atoms with E-state index in [1.54, 1.807) is 6.07 Å². The largest absolute Gasteiger partial charge is 0.425 e. The average molecular weight is 425 g/mol. The average Bonchev–Trinajstić information content (AvgIpc) is 3.29. The zero-order chi connectivity index (χ0) is 21.0. The molecule has 1 aliphatic carbocycles. The van der Waals surface area contributed by atoms with Crippen molar-refractivity contribution < 1.29 is 27.9 Å². The van der Waals surface area contributed by atoms with Gasteiger partial charge in [-0.1, -0.05) is 30.3 Å². The number of rotatable bonds is 2. The van der Waals surface area contributed by atoms with Crippen molar-refractivity contribution in [1.29, 1.82) is 0 Å². The minimum absolute atomic E-state index is 0.0338. The normalized spacial score (nSPS) is 22.9. The molecule has 2 unspecified atom stereocenters. The number of nitrogens with one attached hydrogen (secondary N) is 1. The Hall–Kier alpha value is -2.58. The Morgan fingerprint density at radius 2 is 1.83 bits per heavy atom. The van der Waals surface area contributed by atoms with Crippen LogP contribution in [0.15, 0.2) is 42.5 Å². The topological polar surface area (TPSA) is 69.6 Å². The first-order chi connectivity index (χ1) is 13.7. The van der Waals surface area contributed by atoms with Gasteiger partial charge in [-0.3, -0.25) is 14.4 Å². The van der Waals surface area contributed by atoms with Crippen LogP contribution in [0.3, 0.4) is 0 Å². The van der Waals surface area contributed by atoms with Crippen molar-refractivity contribution in [2.75, 3.05) is 6.54 Å². The minimum Gasteiger partial charge on any atom is -0.372 e. The molecule has 2 aliphatic rings. The first-order valence-electron chi connectivity index (χ1n) is 8.95. The summed E-state index contributed by atoms with van der Waals surface area (Å²) in [6.45, 7) is 0.286. The predicted molar refractivity (Wildman–Crippen MR) is 99.0 cm³/mol. The molecule has 2 N–H and O–H groups in total. The Morgan fingerprint density at radius 1 is 1.14 bits per heavy atom. The van der Waals surface area contributed by atoms with Crippen LogP contribution in [-0.4, -0.2) is 40.6 Å². The second-order valence-corrected chi connectivity index (χ2v) is 7.32. The number of hydrogen-bond acceptors (Lipinski definition) is 3. The van der Waals surface area contributed by atoms with Crippen molar-refractivity contribution in [3.63, 3.8) is 0 Å². The molecule has 4 rings (SSSR count). The lowest BCUT2D eigenvalue weighted by atomic mass is 9.90. The lowest BCUT2D eigenvalue weighted by molar-refractivity contribution is -0.246. The number of fused-ring (bicyclic) bond motifs is 3. The highest BCUT2D eigenvalue weighted by Crippen LogP contribution is 2.55. The van der Waals surface area contributed by atoms with Gasteiger partial charge in [0.15, 0.2) is 0 Å². The molecule has 152 valence electrons. The second-order valence-electron chi connectivity index (χ2n) is 7.13. The highest BCUT2D eigenvalue weighted by molar-refractivity contribution is 6.22. The molecular formula is C20H16ClF3N2O3. The van der Waals surface area contributed by atoms with Crippen LogP contribution in [0.4, 0.5) is 13.2 Å². The van der Waals surface area contributed by atoms with Gasteiger partial charge in [-0.2, -0.15) is 13.2 Å². The zero-order valence-corrected chi connectivity index (χ0v) is 15.7. The summed E-state index contributed by atoms with van der Waals surface area (Å²) in [5, 5.41) is 10.8. The molecule has 0 saturated carbocycles. The van der Waals surface area contributed by atoms with E-state index in [4.69, 9.17) is 11.8 Å². The SMILES string of the molecule is O=C(NCl)C1CCCN1C(=O)c1ccc2c(c1)C(O)(C(F)(F)F)c1ccccc1-2. The molecule has 2 amide bonds. The van der Waals surface area contributed by atoms with Gasteiger partial charge in [0, 0.05) is 35.0 Å². The Balaban J connectivity index is 1.80. The Morgan fingerprint density at radius 3 is 2.52 bits per heavy atom. The number of hydrogen-bond donors (Lipinski definition) is 2. The Labute approximate surface area is 169 Å².